The van der Waals surface area contributed by atoms with Gasteiger partial charge in [-0.3, -0.25) is 4.79 Å². The predicted molar refractivity (Wildman–Crippen MR) is 54.8 cm³/mol. The molecular weight excluding hydrogens is 202 g/mol. The average molecular weight is 212 g/mol. The van der Waals surface area contributed by atoms with Crippen LogP contribution in [-0.4, -0.2) is 17.1 Å². The highest BCUT2D eigenvalue weighted by Gasteiger charge is 2.23. The molecule has 4 heteroatoms. The Balaban J connectivity index is 2.18. The lowest BCUT2D eigenvalue weighted by molar-refractivity contribution is -0.137. The maximum atomic E-state index is 10.5. The van der Waals surface area contributed by atoms with Crippen LogP contribution < -0.4 is 5.32 Å². The molecule has 0 spiro atoms. The van der Waals surface area contributed by atoms with Crippen molar-refractivity contribution in [1.29, 1.82) is 0 Å². The predicted octanol–water partition coefficient (Wildman–Crippen LogP) is 2.15. The number of hydrogen-bond acceptors (Lipinski definition) is 2. The topological polar surface area (TPSA) is 49.3 Å². The van der Waals surface area contributed by atoms with Gasteiger partial charge in [0.2, 0.25) is 0 Å². The summed E-state index contributed by atoms with van der Waals surface area (Å²) in [5.41, 5.74) is 1.99. The Labute approximate surface area is 86.7 Å². The number of anilines is 1. The molecule has 2 N–H and O–H groups in total. The van der Waals surface area contributed by atoms with E-state index in [4.69, 9.17) is 16.7 Å². The number of rotatable bonds is 2. The van der Waals surface area contributed by atoms with Crippen LogP contribution in [0.25, 0.3) is 0 Å². The van der Waals surface area contributed by atoms with Gasteiger partial charge in [0, 0.05) is 6.04 Å². The maximum Gasteiger partial charge on any atom is 0.305 e. The van der Waals surface area contributed by atoms with E-state index in [1.807, 2.05) is 12.1 Å². The highest BCUT2D eigenvalue weighted by molar-refractivity contribution is 6.33. The van der Waals surface area contributed by atoms with Gasteiger partial charge in [-0.25, -0.2) is 0 Å². The van der Waals surface area contributed by atoms with Crippen LogP contribution in [0.2, 0.25) is 5.02 Å². The van der Waals surface area contributed by atoms with Gasteiger partial charge in [0.05, 0.1) is 17.1 Å². The second kappa shape index (κ2) is 3.50. The van der Waals surface area contributed by atoms with E-state index in [-0.39, 0.29) is 12.5 Å². The lowest BCUT2D eigenvalue weighted by Crippen LogP contribution is -2.19. The van der Waals surface area contributed by atoms with Gasteiger partial charge >= 0.3 is 5.97 Å². The highest BCUT2D eigenvalue weighted by atomic mass is 35.5. The summed E-state index contributed by atoms with van der Waals surface area (Å²) in [6.45, 7) is 0. The third-order valence-corrected chi connectivity index (χ3v) is 2.65. The molecule has 0 saturated heterocycles. The Morgan fingerprint density at radius 2 is 2.43 bits per heavy atom. The Bertz CT molecular complexity index is 378. The van der Waals surface area contributed by atoms with Crippen molar-refractivity contribution in [2.24, 2.45) is 0 Å². The molecular formula is C10H10ClNO2. The zero-order valence-corrected chi connectivity index (χ0v) is 8.21. The zero-order valence-electron chi connectivity index (χ0n) is 7.46. The molecule has 3 nitrogen and oxygen atoms in total. The summed E-state index contributed by atoms with van der Waals surface area (Å²) >= 11 is 5.96. The van der Waals surface area contributed by atoms with E-state index in [0.717, 1.165) is 17.7 Å². The summed E-state index contributed by atoms with van der Waals surface area (Å²) in [5, 5.41) is 12.4. The number of hydrogen-bond donors (Lipinski definition) is 2. The van der Waals surface area contributed by atoms with Crippen molar-refractivity contribution in [2.75, 3.05) is 5.32 Å². The molecule has 0 saturated carbocycles. The first-order chi connectivity index (χ1) is 6.66. The Hall–Kier alpha value is -1.22. The van der Waals surface area contributed by atoms with Gasteiger partial charge in [-0.15, -0.1) is 0 Å². The Morgan fingerprint density at radius 1 is 1.64 bits per heavy atom. The van der Waals surface area contributed by atoms with Crippen LogP contribution in [-0.2, 0) is 11.2 Å². The number of benzene rings is 1. The second-order valence-corrected chi connectivity index (χ2v) is 3.82. The monoisotopic (exact) mass is 211 g/mol. The summed E-state index contributed by atoms with van der Waals surface area (Å²) in [4.78, 5) is 10.5. The minimum Gasteiger partial charge on any atom is -0.481 e. The summed E-state index contributed by atoms with van der Waals surface area (Å²) in [5.74, 6) is -0.786. The summed E-state index contributed by atoms with van der Waals surface area (Å²) < 4.78 is 0. The van der Waals surface area contributed by atoms with Gasteiger partial charge < -0.3 is 10.4 Å². The van der Waals surface area contributed by atoms with Crippen molar-refractivity contribution >= 4 is 23.3 Å². The molecule has 1 atom stereocenters. The summed E-state index contributed by atoms with van der Waals surface area (Å²) in [6, 6.07) is 5.63. The van der Waals surface area contributed by atoms with E-state index in [9.17, 15) is 4.79 Å². The van der Waals surface area contributed by atoms with E-state index in [1.54, 1.807) is 6.07 Å². The van der Waals surface area contributed by atoms with Crippen LogP contribution >= 0.6 is 11.6 Å². The van der Waals surface area contributed by atoms with E-state index < -0.39 is 5.97 Å². The summed E-state index contributed by atoms with van der Waals surface area (Å²) in [7, 11) is 0. The lowest BCUT2D eigenvalue weighted by Gasteiger charge is -2.07. The van der Waals surface area contributed by atoms with Crippen molar-refractivity contribution in [1.82, 2.24) is 0 Å². The van der Waals surface area contributed by atoms with E-state index >= 15 is 0 Å². The molecule has 2 rings (SSSR count). The minimum atomic E-state index is -0.786. The third-order valence-electron chi connectivity index (χ3n) is 2.34. The number of carbonyl (C=O) groups is 1. The first-order valence-electron chi connectivity index (χ1n) is 4.42. The maximum absolute atomic E-state index is 10.5. The number of nitrogens with one attached hydrogen (secondary N) is 1. The largest absolute Gasteiger partial charge is 0.481 e. The average Bonchev–Trinajstić information content (AvgIpc) is 2.47. The molecule has 1 aliphatic rings. The molecule has 14 heavy (non-hydrogen) atoms. The second-order valence-electron chi connectivity index (χ2n) is 3.42. The van der Waals surface area contributed by atoms with Crippen LogP contribution in [0.15, 0.2) is 18.2 Å². The number of halogens is 1. The Kier molecular flexibility index (Phi) is 2.33. The molecule has 0 aliphatic carbocycles. The highest BCUT2D eigenvalue weighted by Crippen LogP contribution is 2.33. The van der Waals surface area contributed by atoms with Gasteiger partial charge in [0.1, 0.15) is 0 Å². The van der Waals surface area contributed by atoms with Crippen molar-refractivity contribution in [3.8, 4) is 0 Å². The molecule has 0 aromatic heterocycles. The van der Waals surface area contributed by atoms with Crippen molar-refractivity contribution in [3.63, 3.8) is 0 Å². The number of carboxylic acids is 1. The molecule has 1 unspecified atom stereocenters. The van der Waals surface area contributed by atoms with E-state index in [1.165, 1.54) is 0 Å². The van der Waals surface area contributed by atoms with E-state index in [2.05, 4.69) is 5.32 Å². The van der Waals surface area contributed by atoms with Crippen molar-refractivity contribution in [3.05, 3.63) is 28.8 Å². The standard InChI is InChI=1S/C10H10ClNO2/c11-8-3-1-2-6-4-7(5-9(13)14)12-10(6)8/h1-3,7,12H,4-5H2,(H,13,14). The Morgan fingerprint density at radius 3 is 3.07 bits per heavy atom. The molecule has 1 heterocycles. The number of aliphatic carboxylic acids is 1. The van der Waals surface area contributed by atoms with Gasteiger partial charge in [-0.2, -0.15) is 0 Å². The quantitative estimate of drug-likeness (QED) is 0.788. The smallest absolute Gasteiger partial charge is 0.305 e. The molecule has 1 aliphatic heterocycles. The van der Waals surface area contributed by atoms with Gasteiger partial charge in [0.15, 0.2) is 0 Å². The fourth-order valence-electron chi connectivity index (χ4n) is 1.76. The first-order valence-corrected chi connectivity index (χ1v) is 4.80. The number of para-hydroxylation sites is 1. The molecule has 0 amide bonds. The molecule has 0 radical (unpaired) electrons. The van der Waals surface area contributed by atoms with Crippen LogP contribution in [0.4, 0.5) is 5.69 Å². The van der Waals surface area contributed by atoms with Crippen LogP contribution in [0.3, 0.4) is 0 Å². The fraction of sp³-hybridized carbons (Fsp3) is 0.300. The van der Waals surface area contributed by atoms with Crippen molar-refractivity contribution in [2.45, 2.75) is 18.9 Å². The van der Waals surface area contributed by atoms with Crippen LogP contribution in [0.1, 0.15) is 12.0 Å². The molecule has 0 fully saturated rings. The molecule has 1 aromatic carbocycles. The zero-order chi connectivity index (χ0) is 10.1. The van der Waals surface area contributed by atoms with Gasteiger partial charge in [0.25, 0.3) is 0 Å². The summed E-state index contributed by atoms with van der Waals surface area (Å²) in [6.07, 6.45) is 0.868. The van der Waals surface area contributed by atoms with Gasteiger partial charge in [-0.1, -0.05) is 23.7 Å². The first kappa shape index (κ1) is 9.34. The molecule has 74 valence electrons. The van der Waals surface area contributed by atoms with E-state index in [0.29, 0.717) is 5.02 Å². The third kappa shape index (κ3) is 1.68. The lowest BCUT2D eigenvalue weighted by atomic mass is 10.1. The molecule has 1 aromatic rings. The number of carboxylic acid groups (broad SMARTS) is 1. The minimum absolute atomic E-state index is 0.0256. The van der Waals surface area contributed by atoms with Crippen molar-refractivity contribution < 1.29 is 9.90 Å². The number of fused-ring (bicyclic) bond motifs is 1. The SMILES string of the molecule is O=C(O)CC1Cc2cccc(Cl)c2N1. The normalized spacial score (nSPS) is 18.8. The van der Waals surface area contributed by atoms with Crippen LogP contribution in [0.5, 0.6) is 0 Å². The van der Waals surface area contributed by atoms with Crippen LogP contribution in [0, 0.1) is 0 Å². The van der Waals surface area contributed by atoms with Gasteiger partial charge in [-0.05, 0) is 18.1 Å². The molecule has 0 bridgehead atoms. The fourth-order valence-corrected chi connectivity index (χ4v) is 2.00.